The molecule has 4 nitrogen and oxygen atoms in total. The van der Waals surface area contributed by atoms with Gasteiger partial charge in [-0.3, -0.25) is 4.99 Å². The monoisotopic (exact) mass is 476 g/mol. The number of thiazole rings is 1. The zero-order valence-corrected chi connectivity index (χ0v) is 18.1. The molecule has 0 bridgehead atoms. The van der Waals surface area contributed by atoms with E-state index in [0.29, 0.717) is 6.54 Å². The fraction of sp³-hybridized carbons (Fsp3) is 0.412. The average Bonchev–Trinajstić information content (AvgIpc) is 3.07. The number of nitrogens with zero attached hydrogens (tertiary/aromatic N) is 2. The molecule has 2 aromatic rings. The van der Waals surface area contributed by atoms with Gasteiger partial charge in [-0.1, -0.05) is 30.3 Å². The van der Waals surface area contributed by atoms with Crippen LogP contribution in [0, 0.1) is 0 Å². The number of unbranched alkanes of at least 4 members (excludes halogenated alkanes) is 1. The van der Waals surface area contributed by atoms with Crippen molar-refractivity contribution in [2.45, 2.75) is 19.4 Å². The summed E-state index contributed by atoms with van der Waals surface area (Å²) in [7, 11) is 1.80. The van der Waals surface area contributed by atoms with Gasteiger partial charge < -0.3 is 10.6 Å². The van der Waals surface area contributed by atoms with Crippen LogP contribution in [0.2, 0.25) is 0 Å². The van der Waals surface area contributed by atoms with Gasteiger partial charge in [0.25, 0.3) is 0 Å². The first-order valence-corrected chi connectivity index (χ1v) is 10.0. The molecule has 132 valence electrons. The van der Waals surface area contributed by atoms with Crippen molar-refractivity contribution in [2.24, 2.45) is 4.99 Å². The normalized spacial score (nSPS) is 11.0. The number of hydrogen-bond acceptors (Lipinski definition) is 4. The highest BCUT2D eigenvalue weighted by Gasteiger charge is 2.05. The molecule has 1 aromatic heterocycles. The van der Waals surface area contributed by atoms with E-state index in [9.17, 15) is 0 Å². The predicted octanol–water partition coefficient (Wildman–Crippen LogP) is 4.24. The van der Waals surface area contributed by atoms with Crippen molar-refractivity contribution in [3.8, 4) is 10.6 Å². The van der Waals surface area contributed by atoms with Crippen LogP contribution in [-0.4, -0.2) is 36.5 Å². The lowest BCUT2D eigenvalue weighted by atomic mass is 10.2. The fourth-order valence-electron chi connectivity index (χ4n) is 2.07. The van der Waals surface area contributed by atoms with E-state index in [0.717, 1.165) is 29.6 Å². The number of hydrogen-bond donors (Lipinski definition) is 2. The molecule has 2 N–H and O–H groups in total. The smallest absolute Gasteiger partial charge is 0.191 e. The van der Waals surface area contributed by atoms with Crippen LogP contribution in [0.3, 0.4) is 0 Å². The third kappa shape index (κ3) is 7.40. The van der Waals surface area contributed by atoms with Gasteiger partial charge >= 0.3 is 0 Å². The van der Waals surface area contributed by atoms with Gasteiger partial charge in [-0.2, -0.15) is 11.8 Å². The Hall–Kier alpha value is -0.800. The predicted molar refractivity (Wildman–Crippen MR) is 119 cm³/mol. The topological polar surface area (TPSA) is 49.3 Å². The van der Waals surface area contributed by atoms with Crippen LogP contribution in [-0.2, 0) is 6.54 Å². The molecule has 2 rings (SSSR count). The second kappa shape index (κ2) is 12.5. The van der Waals surface area contributed by atoms with E-state index in [1.807, 2.05) is 30.0 Å². The number of rotatable bonds is 8. The number of aliphatic imine (C=N–C) groups is 1. The Labute approximate surface area is 170 Å². The van der Waals surface area contributed by atoms with Gasteiger partial charge in [-0.25, -0.2) is 4.98 Å². The largest absolute Gasteiger partial charge is 0.356 e. The molecule has 0 aliphatic carbocycles. The maximum atomic E-state index is 4.68. The Morgan fingerprint density at radius 1 is 1.21 bits per heavy atom. The first-order chi connectivity index (χ1) is 11.3. The molecule has 0 aliphatic rings. The highest BCUT2D eigenvalue weighted by molar-refractivity contribution is 14.0. The van der Waals surface area contributed by atoms with E-state index in [4.69, 9.17) is 0 Å². The molecule has 0 radical (unpaired) electrons. The van der Waals surface area contributed by atoms with Gasteiger partial charge in [0, 0.05) is 24.5 Å². The highest BCUT2D eigenvalue weighted by atomic mass is 127. The van der Waals surface area contributed by atoms with E-state index < -0.39 is 0 Å². The van der Waals surface area contributed by atoms with Crippen LogP contribution in [0.1, 0.15) is 18.5 Å². The molecule has 0 unspecified atom stereocenters. The SMILES string of the molecule is CN=C(NCCCCSC)NCc1csc(-c2ccccc2)n1.I. The maximum absolute atomic E-state index is 4.68. The van der Waals surface area contributed by atoms with Crippen LogP contribution >= 0.6 is 47.1 Å². The van der Waals surface area contributed by atoms with Gasteiger partial charge in [-0.15, -0.1) is 35.3 Å². The molecule has 0 fully saturated rings. The Bertz CT molecular complexity index is 602. The van der Waals surface area contributed by atoms with Gasteiger partial charge in [0.1, 0.15) is 5.01 Å². The standard InChI is InChI=1S/C17H24N4S2.HI/c1-18-17(19-10-6-7-11-22-2)20-12-15-13-23-16(21-15)14-8-4-3-5-9-14;/h3-5,8-9,13H,6-7,10-12H2,1-2H3,(H2,18,19,20);1H. The van der Waals surface area contributed by atoms with Crippen LogP contribution in [0.4, 0.5) is 0 Å². The van der Waals surface area contributed by atoms with Crippen LogP contribution in [0.15, 0.2) is 40.7 Å². The summed E-state index contributed by atoms with van der Waals surface area (Å²) in [4.78, 5) is 8.93. The molecular formula is C17H25IN4S2. The minimum Gasteiger partial charge on any atom is -0.356 e. The number of halogens is 1. The van der Waals surface area contributed by atoms with Gasteiger partial charge in [0.15, 0.2) is 5.96 Å². The van der Waals surface area contributed by atoms with Crippen LogP contribution in [0.25, 0.3) is 10.6 Å². The van der Waals surface area contributed by atoms with Crippen LogP contribution in [0.5, 0.6) is 0 Å². The van der Waals surface area contributed by atoms with Crippen molar-refractivity contribution in [1.82, 2.24) is 15.6 Å². The zero-order valence-electron chi connectivity index (χ0n) is 14.1. The molecule has 1 heterocycles. The van der Waals surface area contributed by atoms with Crippen molar-refractivity contribution in [1.29, 1.82) is 0 Å². The maximum Gasteiger partial charge on any atom is 0.191 e. The van der Waals surface area contributed by atoms with Crippen molar-refractivity contribution in [2.75, 3.05) is 25.6 Å². The molecule has 0 spiro atoms. The summed E-state index contributed by atoms with van der Waals surface area (Å²) in [6.45, 7) is 1.64. The lowest BCUT2D eigenvalue weighted by Crippen LogP contribution is -2.37. The fourth-order valence-corrected chi connectivity index (χ4v) is 3.39. The number of aromatic nitrogens is 1. The Morgan fingerprint density at radius 2 is 2.00 bits per heavy atom. The Morgan fingerprint density at radius 3 is 2.71 bits per heavy atom. The first kappa shape index (κ1) is 21.2. The average molecular weight is 476 g/mol. The molecular weight excluding hydrogens is 451 g/mol. The third-order valence-corrected chi connectivity index (χ3v) is 4.94. The third-order valence-electron chi connectivity index (χ3n) is 3.30. The molecule has 0 saturated heterocycles. The van der Waals surface area contributed by atoms with Crippen molar-refractivity contribution in [3.05, 3.63) is 41.4 Å². The van der Waals surface area contributed by atoms with Gasteiger partial charge in [-0.05, 0) is 24.9 Å². The van der Waals surface area contributed by atoms with Crippen molar-refractivity contribution >= 4 is 53.0 Å². The van der Waals surface area contributed by atoms with Gasteiger partial charge in [0.05, 0.1) is 12.2 Å². The summed E-state index contributed by atoms with van der Waals surface area (Å²) < 4.78 is 0. The quantitative estimate of drug-likeness (QED) is 0.259. The minimum absolute atomic E-state index is 0. The summed E-state index contributed by atoms with van der Waals surface area (Å²) in [5.74, 6) is 2.05. The number of thioether (sulfide) groups is 1. The van der Waals surface area contributed by atoms with E-state index >= 15 is 0 Å². The minimum atomic E-state index is 0. The summed E-state index contributed by atoms with van der Waals surface area (Å²) >= 11 is 3.57. The highest BCUT2D eigenvalue weighted by Crippen LogP contribution is 2.23. The van der Waals surface area contributed by atoms with Gasteiger partial charge in [0.2, 0.25) is 0 Å². The molecule has 1 aromatic carbocycles. The number of benzene rings is 1. The molecule has 7 heteroatoms. The van der Waals surface area contributed by atoms with E-state index in [1.54, 1.807) is 18.4 Å². The lowest BCUT2D eigenvalue weighted by Gasteiger charge is -2.10. The van der Waals surface area contributed by atoms with E-state index in [-0.39, 0.29) is 24.0 Å². The Kier molecular flexibility index (Phi) is 11.1. The Balaban J connectivity index is 0.00000288. The van der Waals surface area contributed by atoms with E-state index in [2.05, 4.69) is 44.4 Å². The lowest BCUT2D eigenvalue weighted by molar-refractivity contribution is 0.730. The molecule has 0 atom stereocenters. The second-order valence-corrected chi connectivity index (χ2v) is 6.91. The summed E-state index contributed by atoms with van der Waals surface area (Å²) in [5, 5.41) is 9.82. The van der Waals surface area contributed by atoms with Crippen molar-refractivity contribution < 1.29 is 0 Å². The summed E-state index contributed by atoms with van der Waals surface area (Å²) in [6.07, 6.45) is 4.54. The second-order valence-electron chi connectivity index (χ2n) is 5.06. The first-order valence-electron chi connectivity index (χ1n) is 7.76. The van der Waals surface area contributed by atoms with Crippen molar-refractivity contribution in [3.63, 3.8) is 0 Å². The molecule has 0 aliphatic heterocycles. The van der Waals surface area contributed by atoms with E-state index in [1.165, 1.54) is 17.7 Å². The molecule has 0 saturated carbocycles. The summed E-state index contributed by atoms with van der Waals surface area (Å²) in [5.41, 5.74) is 2.21. The zero-order chi connectivity index (χ0) is 16.3. The molecule has 0 amide bonds. The number of guanidine groups is 1. The van der Waals surface area contributed by atoms with Crippen LogP contribution < -0.4 is 10.6 Å². The number of nitrogens with one attached hydrogen (secondary N) is 2. The summed E-state index contributed by atoms with van der Waals surface area (Å²) in [6, 6.07) is 10.3. The molecule has 24 heavy (non-hydrogen) atoms.